The molecule has 5 nitrogen and oxygen atoms in total. The van der Waals surface area contributed by atoms with Crippen molar-refractivity contribution in [2.45, 2.75) is 13.5 Å². The van der Waals surface area contributed by atoms with Gasteiger partial charge in [-0.1, -0.05) is 42.0 Å². The number of hydrogen-bond donors (Lipinski definition) is 1. The molecular formula is C21H27N2O3S+. The van der Waals surface area contributed by atoms with E-state index in [2.05, 4.69) is 13.0 Å². The molecule has 0 aliphatic carbocycles. The molecule has 0 spiro atoms. The van der Waals surface area contributed by atoms with E-state index < -0.39 is 10.0 Å². The SMILES string of the molecule is COc1ccc(C)cc1C[NH+]1CCN(S(=O)(=O)/C=C/c2ccccc2)CC1. The van der Waals surface area contributed by atoms with Gasteiger partial charge in [-0.2, -0.15) is 4.31 Å². The van der Waals surface area contributed by atoms with E-state index in [9.17, 15) is 8.42 Å². The van der Waals surface area contributed by atoms with Crippen LogP contribution < -0.4 is 9.64 Å². The zero-order valence-corrected chi connectivity index (χ0v) is 16.7. The molecule has 1 saturated heterocycles. The molecule has 0 unspecified atom stereocenters. The average Bonchev–Trinajstić information content (AvgIpc) is 2.68. The lowest BCUT2D eigenvalue weighted by atomic mass is 10.1. The lowest BCUT2D eigenvalue weighted by Crippen LogP contribution is -3.13. The van der Waals surface area contributed by atoms with Crippen LogP contribution in [-0.4, -0.2) is 46.0 Å². The molecule has 2 aromatic rings. The highest BCUT2D eigenvalue weighted by Crippen LogP contribution is 2.18. The minimum atomic E-state index is -3.38. The first kappa shape index (κ1) is 19.6. The van der Waals surface area contributed by atoms with Crippen LogP contribution in [0, 0.1) is 6.92 Å². The van der Waals surface area contributed by atoms with Crippen molar-refractivity contribution in [3.05, 3.63) is 70.6 Å². The number of methoxy groups -OCH3 is 1. The zero-order valence-electron chi connectivity index (χ0n) is 15.9. The molecule has 0 saturated carbocycles. The molecule has 3 rings (SSSR count). The van der Waals surface area contributed by atoms with Gasteiger partial charge in [0.25, 0.3) is 0 Å². The van der Waals surface area contributed by atoms with Crippen LogP contribution in [0.5, 0.6) is 5.75 Å². The number of benzene rings is 2. The molecule has 0 bridgehead atoms. The van der Waals surface area contributed by atoms with Crippen LogP contribution in [0.2, 0.25) is 0 Å². The molecule has 0 amide bonds. The van der Waals surface area contributed by atoms with Gasteiger partial charge in [0.05, 0.1) is 33.3 Å². The van der Waals surface area contributed by atoms with Crippen molar-refractivity contribution < 1.29 is 18.1 Å². The van der Waals surface area contributed by atoms with Crippen LogP contribution >= 0.6 is 0 Å². The standard InChI is InChI=1S/C21H26N2O3S/c1-18-8-9-21(26-2)20(16-18)17-22-11-13-23(14-12-22)27(24,25)15-10-19-6-4-3-5-7-19/h3-10,15-16H,11-14,17H2,1-2H3/p+1/b15-10+. The van der Waals surface area contributed by atoms with Gasteiger partial charge in [0, 0.05) is 11.0 Å². The first-order chi connectivity index (χ1) is 13.0. The molecule has 1 aliphatic rings. The molecule has 1 N–H and O–H groups in total. The second-order valence-electron chi connectivity index (χ2n) is 6.90. The van der Waals surface area contributed by atoms with Crippen molar-refractivity contribution in [1.29, 1.82) is 0 Å². The van der Waals surface area contributed by atoms with Crippen LogP contribution in [0.25, 0.3) is 6.08 Å². The Morgan fingerprint density at radius 3 is 2.48 bits per heavy atom. The Bertz CT molecular complexity index is 887. The predicted octanol–water partition coefficient (Wildman–Crippen LogP) is 1.70. The summed E-state index contributed by atoms with van der Waals surface area (Å²) in [5, 5.41) is 1.32. The summed E-state index contributed by atoms with van der Waals surface area (Å²) in [6.07, 6.45) is 1.66. The van der Waals surface area contributed by atoms with Crippen LogP contribution in [0.1, 0.15) is 16.7 Å². The summed E-state index contributed by atoms with van der Waals surface area (Å²) in [5.74, 6) is 0.897. The maximum absolute atomic E-state index is 12.6. The number of nitrogens with one attached hydrogen (secondary N) is 1. The molecule has 2 aromatic carbocycles. The second-order valence-corrected chi connectivity index (χ2v) is 8.72. The quantitative estimate of drug-likeness (QED) is 0.821. The monoisotopic (exact) mass is 387 g/mol. The fourth-order valence-corrected chi connectivity index (χ4v) is 4.56. The molecular weight excluding hydrogens is 360 g/mol. The lowest BCUT2D eigenvalue weighted by molar-refractivity contribution is -0.917. The van der Waals surface area contributed by atoms with Crippen molar-refractivity contribution in [3.63, 3.8) is 0 Å². The molecule has 0 radical (unpaired) electrons. The Morgan fingerprint density at radius 2 is 1.81 bits per heavy atom. The average molecular weight is 388 g/mol. The van der Waals surface area contributed by atoms with E-state index in [-0.39, 0.29) is 0 Å². The molecule has 144 valence electrons. The lowest BCUT2D eigenvalue weighted by Gasteiger charge is -2.31. The van der Waals surface area contributed by atoms with Gasteiger partial charge in [-0.05, 0) is 30.7 Å². The molecule has 0 aromatic heterocycles. The third-order valence-electron chi connectivity index (χ3n) is 4.90. The molecule has 1 fully saturated rings. The van der Waals surface area contributed by atoms with E-state index in [1.807, 2.05) is 42.5 Å². The number of rotatable bonds is 6. The van der Waals surface area contributed by atoms with Gasteiger partial charge >= 0.3 is 0 Å². The van der Waals surface area contributed by atoms with Gasteiger partial charge in [-0.25, -0.2) is 8.42 Å². The topological polar surface area (TPSA) is 51.1 Å². The van der Waals surface area contributed by atoms with Crippen molar-refractivity contribution in [2.24, 2.45) is 0 Å². The highest BCUT2D eigenvalue weighted by atomic mass is 32.2. The van der Waals surface area contributed by atoms with Crippen molar-refractivity contribution in [2.75, 3.05) is 33.3 Å². The van der Waals surface area contributed by atoms with Gasteiger partial charge in [0.15, 0.2) is 0 Å². The summed E-state index contributed by atoms with van der Waals surface area (Å²) in [6, 6.07) is 15.7. The van der Waals surface area contributed by atoms with E-state index >= 15 is 0 Å². The van der Waals surface area contributed by atoms with E-state index in [0.29, 0.717) is 13.1 Å². The van der Waals surface area contributed by atoms with Crippen LogP contribution in [0.4, 0.5) is 0 Å². The number of aryl methyl sites for hydroxylation is 1. The molecule has 1 aliphatic heterocycles. The largest absolute Gasteiger partial charge is 0.496 e. The number of sulfonamides is 1. The first-order valence-electron chi connectivity index (χ1n) is 9.18. The molecule has 6 heteroatoms. The van der Waals surface area contributed by atoms with E-state index in [1.54, 1.807) is 17.5 Å². The number of ether oxygens (including phenoxy) is 1. The molecule has 27 heavy (non-hydrogen) atoms. The fourth-order valence-electron chi connectivity index (χ4n) is 3.36. The number of quaternary nitrogens is 1. The summed E-state index contributed by atoms with van der Waals surface area (Å²) >= 11 is 0. The van der Waals surface area contributed by atoms with E-state index in [1.165, 1.54) is 21.4 Å². The van der Waals surface area contributed by atoms with Gasteiger partial charge in [-0.3, -0.25) is 0 Å². The second kappa shape index (κ2) is 8.69. The van der Waals surface area contributed by atoms with E-state index in [0.717, 1.165) is 30.9 Å². The smallest absolute Gasteiger partial charge is 0.236 e. The normalized spacial score (nSPS) is 16.7. The third-order valence-corrected chi connectivity index (χ3v) is 6.46. The van der Waals surface area contributed by atoms with Gasteiger partial charge < -0.3 is 9.64 Å². The van der Waals surface area contributed by atoms with Gasteiger partial charge in [0.1, 0.15) is 12.3 Å². The molecule has 0 atom stereocenters. The highest BCUT2D eigenvalue weighted by Gasteiger charge is 2.27. The summed E-state index contributed by atoms with van der Waals surface area (Å²) in [6.45, 7) is 5.56. The van der Waals surface area contributed by atoms with E-state index in [4.69, 9.17) is 4.74 Å². The minimum Gasteiger partial charge on any atom is -0.496 e. The Balaban J connectivity index is 1.60. The Kier molecular flexibility index (Phi) is 6.31. The summed E-state index contributed by atoms with van der Waals surface area (Å²) in [4.78, 5) is 1.37. The van der Waals surface area contributed by atoms with Crippen molar-refractivity contribution in [3.8, 4) is 5.75 Å². The Morgan fingerprint density at radius 1 is 1.11 bits per heavy atom. The van der Waals surface area contributed by atoms with Gasteiger partial charge in [0.2, 0.25) is 10.0 Å². The maximum Gasteiger partial charge on any atom is 0.236 e. The summed E-state index contributed by atoms with van der Waals surface area (Å²) < 4.78 is 32.2. The van der Waals surface area contributed by atoms with Crippen LogP contribution in [0.3, 0.4) is 0 Å². The fraction of sp³-hybridized carbons (Fsp3) is 0.333. The molecule has 1 heterocycles. The Hall–Kier alpha value is -2.15. The van der Waals surface area contributed by atoms with Crippen LogP contribution in [-0.2, 0) is 16.6 Å². The number of piperazine rings is 1. The predicted molar refractivity (Wildman–Crippen MR) is 108 cm³/mol. The summed E-state index contributed by atoms with van der Waals surface area (Å²) in [7, 11) is -1.70. The minimum absolute atomic E-state index is 0.533. The highest BCUT2D eigenvalue weighted by molar-refractivity contribution is 7.92. The van der Waals surface area contributed by atoms with Gasteiger partial charge in [-0.15, -0.1) is 0 Å². The Labute approximate surface area is 161 Å². The van der Waals surface area contributed by atoms with Crippen molar-refractivity contribution in [1.82, 2.24) is 4.31 Å². The van der Waals surface area contributed by atoms with Crippen LogP contribution in [0.15, 0.2) is 53.9 Å². The first-order valence-corrected chi connectivity index (χ1v) is 10.7. The zero-order chi connectivity index (χ0) is 19.3. The number of nitrogens with zero attached hydrogens (tertiary/aromatic N) is 1. The summed E-state index contributed by atoms with van der Waals surface area (Å²) in [5.41, 5.74) is 3.27. The third kappa shape index (κ3) is 5.19. The van der Waals surface area contributed by atoms with Crippen molar-refractivity contribution >= 4 is 16.1 Å². The number of hydrogen-bond acceptors (Lipinski definition) is 3. The maximum atomic E-state index is 12.6.